The molecule has 0 bridgehead atoms. The Kier molecular flexibility index (Phi) is 2.73. The fraction of sp³-hybridized carbons (Fsp3) is 0.600. The Morgan fingerprint density at radius 2 is 2.33 bits per heavy atom. The zero-order valence-electron chi connectivity index (χ0n) is 4.03. The standard InChI is InChI=1S/C5H9O/c1-3-5(6)4-2/h1,3-4H2,2H3/q-1. The van der Waals surface area contributed by atoms with E-state index in [1.165, 1.54) is 0 Å². The van der Waals surface area contributed by atoms with Crippen LogP contribution in [0.25, 0.3) is 0 Å². The summed E-state index contributed by atoms with van der Waals surface area (Å²) >= 11 is 0. The average Bonchev–Trinajstić information content (AvgIpc) is 1.65. The van der Waals surface area contributed by atoms with Gasteiger partial charge in [0.15, 0.2) is 0 Å². The second-order valence-corrected chi connectivity index (χ2v) is 1.14. The third-order valence-corrected chi connectivity index (χ3v) is 0.673. The number of carbonyl (C=O) groups is 1. The van der Waals surface area contributed by atoms with Crippen molar-refractivity contribution in [3.63, 3.8) is 0 Å². The van der Waals surface area contributed by atoms with Crippen LogP contribution in [0.3, 0.4) is 0 Å². The minimum absolute atomic E-state index is 0.231. The Hall–Kier alpha value is -0.330. The molecule has 0 spiro atoms. The topological polar surface area (TPSA) is 17.1 Å². The molecule has 0 radical (unpaired) electrons. The van der Waals surface area contributed by atoms with Crippen molar-refractivity contribution in [1.29, 1.82) is 0 Å². The van der Waals surface area contributed by atoms with Crippen LogP contribution in [-0.2, 0) is 4.79 Å². The fourth-order valence-corrected chi connectivity index (χ4v) is 0.177. The predicted molar refractivity (Wildman–Crippen MR) is 25.3 cm³/mol. The van der Waals surface area contributed by atoms with Crippen LogP contribution in [-0.4, -0.2) is 5.78 Å². The van der Waals surface area contributed by atoms with Gasteiger partial charge in [0.2, 0.25) is 0 Å². The Balaban J connectivity index is 2.99. The molecule has 0 saturated heterocycles. The third-order valence-electron chi connectivity index (χ3n) is 0.673. The second kappa shape index (κ2) is 2.88. The summed E-state index contributed by atoms with van der Waals surface area (Å²) in [5, 5.41) is 0. The molecule has 0 aliphatic carbocycles. The molecule has 0 aromatic carbocycles. The van der Waals surface area contributed by atoms with Gasteiger partial charge in [-0.2, -0.15) is 0 Å². The van der Waals surface area contributed by atoms with Gasteiger partial charge in [0.05, 0.1) is 0 Å². The van der Waals surface area contributed by atoms with Crippen molar-refractivity contribution >= 4 is 5.78 Å². The number of hydrogen-bond donors (Lipinski definition) is 0. The summed E-state index contributed by atoms with van der Waals surface area (Å²) in [7, 11) is 0. The molecule has 6 heavy (non-hydrogen) atoms. The van der Waals surface area contributed by atoms with Crippen molar-refractivity contribution in [2.45, 2.75) is 19.8 Å². The molecule has 0 aromatic rings. The highest BCUT2D eigenvalue weighted by atomic mass is 16.1. The van der Waals surface area contributed by atoms with E-state index in [2.05, 4.69) is 6.92 Å². The summed E-state index contributed by atoms with van der Waals surface area (Å²) in [5.74, 6) is 0.231. The van der Waals surface area contributed by atoms with Gasteiger partial charge in [-0.05, 0) is 0 Å². The van der Waals surface area contributed by atoms with Gasteiger partial charge in [0.25, 0.3) is 0 Å². The maximum Gasteiger partial charge on any atom is 0.103 e. The smallest absolute Gasteiger partial charge is 0.103 e. The van der Waals surface area contributed by atoms with Crippen molar-refractivity contribution in [3.05, 3.63) is 6.92 Å². The van der Waals surface area contributed by atoms with E-state index in [4.69, 9.17) is 0 Å². The summed E-state index contributed by atoms with van der Waals surface area (Å²) in [4.78, 5) is 10.1. The van der Waals surface area contributed by atoms with Crippen LogP contribution in [0.1, 0.15) is 19.8 Å². The maximum atomic E-state index is 10.1. The predicted octanol–water partition coefficient (Wildman–Crippen LogP) is 1.19. The number of rotatable bonds is 2. The zero-order chi connectivity index (χ0) is 4.99. The second-order valence-electron chi connectivity index (χ2n) is 1.14. The highest BCUT2D eigenvalue weighted by molar-refractivity contribution is 5.78. The molecule has 36 valence electrons. The Morgan fingerprint density at radius 1 is 1.83 bits per heavy atom. The first-order chi connectivity index (χ1) is 2.81. The van der Waals surface area contributed by atoms with Gasteiger partial charge < -0.3 is 11.7 Å². The minimum Gasteiger partial charge on any atom is -0.336 e. The lowest BCUT2D eigenvalue weighted by molar-refractivity contribution is -0.118. The lowest BCUT2D eigenvalue weighted by Crippen LogP contribution is -1.88. The first-order valence-electron chi connectivity index (χ1n) is 2.12. The molecule has 0 saturated carbocycles. The van der Waals surface area contributed by atoms with Gasteiger partial charge >= 0.3 is 0 Å². The van der Waals surface area contributed by atoms with E-state index in [1.54, 1.807) is 0 Å². The first kappa shape index (κ1) is 5.67. The van der Waals surface area contributed by atoms with Crippen LogP contribution in [0.15, 0.2) is 0 Å². The quantitative estimate of drug-likeness (QED) is 0.460. The van der Waals surface area contributed by atoms with E-state index in [0.29, 0.717) is 12.8 Å². The van der Waals surface area contributed by atoms with Crippen molar-refractivity contribution in [2.24, 2.45) is 0 Å². The molecular formula is C5H9O-. The van der Waals surface area contributed by atoms with Gasteiger partial charge in [-0.3, -0.25) is 0 Å². The van der Waals surface area contributed by atoms with Gasteiger partial charge in [0, 0.05) is 6.42 Å². The molecule has 0 fully saturated rings. The first-order valence-corrected chi connectivity index (χ1v) is 2.12. The van der Waals surface area contributed by atoms with Crippen molar-refractivity contribution in [3.8, 4) is 0 Å². The zero-order valence-corrected chi connectivity index (χ0v) is 4.03. The molecule has 0 aliphatic rings. The summed E-state index contributed by atoms with van der Waals surface area (Å²) < 4.78 is 0. The molecule has 0 aliphatic heterocycles. The largest absolute Gasteiger partial charge is 0.336 e. The molecule has 0 rings (SSSR count). The van der Waals surface area contributed by atoms with Crippen LogP contribution in [0.4, 0.5) is 0 Å². The number of ketones is 1. The SMILES string of the molecule is [CH2-]CC(=O)CC. The molecule has 0 amide bonds. The third kappa shape index (κ3) is 1.94. The van der Waals surface area contributed by atoms with Crippen LogP contribution in [0.2, 0.25) is 0 Å². The molecule has 1 nitrogen and oxygen atoms in total. The summed E-state index contributed by atoms with van der Waals surface area (Å²) in [6.45, 7) is 5.25. The van der Waals surface area contributed by atoms with Gasteiger partial charge in [0.1, 0.15) is 5.78 Å². The van der Waals surface area contributed by atoms with Crippen molar-refractivity contribution in [2.75, 3.05) is 0 Å². The van der Waals surface area contributed by atoms with E-state index in [1.807, 2.05) is 6.92 Å². The van der Waals surface area contributed by atoms with Gasteiger partial charge in [-0.15, -0.1) is 6.42 Å². The van der Waals surface area contributed by atoms with E-state index in [9.17, 15) is 4.79 Å². The molecule has 1 heteroatoms. The van der Waals surface area contributed by atoms with Crippen LogP contribution < -0.4 is 0 Å². The summed E-state index contributed by atoms with van der Waals surface area (Å²) in [6, 6.07) is 0. The Labute approximate surface area is 38.4 Å². The molecule has 0 aromatic heterocycles. The molecule has 0 unspecified atom stereocenters. The van der Waals surface area contributed by atoms with Crippen LogP contribution in [0.5, 0.6) is 0 Å². The molecule has 0 atom stereocenters. The summed E-state index contributed by atoms with van der Waals surface area (Å²) in [6.07, 6.45) is 1.07. The number of hydrogen-bond acceptors (Lipinski definition) is 1. The fourth-order valence-electron chi connectivity index (χ4n) is 0.177. The van der Waals surface area contributed by atoms with Gasteiger partial charge in [-0.25, -0.2) is 0 Å². The normalized spacial score (nSPS) is 8.33. The number of Topliss-reactive ketones (excluding diaryl/α,β-unsaturated/α-hetero) is 1. The molecule has 0 heterocycles. The van der Waals surface area contributed by atoms with E-state index in [-0.39, 0.29) is 5.78 Å². The highest BCUT2D eigenvalue weighted by Gasteiger charge is 1.81. The van der Waals surface area contributed by atoms with E-state index >= 15 is 0 Å². The van der Waals surface area contributed by atoms with Gasteiger partial charge in [-0.1, -0.05) is 6.92 Å². The van der Waals surface area contributed by atoms with E-state index in [0.717, 1.165) is 0 Å². The molecule has 0 N–H and O–H groups in total. The maximum absolute atomic E-state index is 10.1. The summed E-state index contributed by atoms with van der Waals surface area (Å²) in [5.41, 5.74) is 0. The van der Waals surface area contributed by atoms with Crippen molar-refractivity contribution < 1.29 is 4.79 Å². The average molecular weight is 85.1 g/mol. The Bertz CT molecular complexity index is 41.9. The lowest BCUT2D eigenvalue weighted by atomic mass is 10.3. The number of carbonyl (C=O) groups excluding carboxylic acids is 1. The Morgan fingerprint density at radius 3 is 2.33 bits per heavy atom. The molecular weight excluding hydrogens is 76.1 g/mol. The highest BCUT2D eigenvalue weighted by Crippen LogP contribution is 1.82. The monoisotopic (exact) mass is 85.1 g/mol. The van der Waals surface area contributed by atoms with Crippen molar-refractivity contribution in [1.82, 2.24) is 0 Å². The van der Waals surface area contributed by atoms with E-state index < -0.39 is 0 Å². The minimum atomic E-state index is 0.231. The lowest BCUT2D eigenvalue weighted by Gasteiger charge is -1.87. The van der Waals surface area contributed by atoms with Crippen LogP contribution >= 0.6 is 0 Å². The van der Waals surface area contributed by atoms with Crippen LogP contribution in [0, 0.1) is 6.92 Å².